The number of aliphatic hydroxyl groups is 4. The molecule has 0 radical (unpaired) electrons. The Hall–Kier alpha value is -1.26. The van der Waals surface area contributed by atoms with Crippen LogP contribution in [0.3, 0.4) is 0 Å². The van der Waals surface area contributed by atoms with Crippen molar-refractivity contribution in [2.24, 2.45) is 29.6 Å². The molecule has 3 aliphatic rings. The van der Waals surface area contributed by atoms with Crippen LogP contribution in [0, 0.1) is 29.6 Å². The maximum absolute atomic E-state index is 13.9. The van der Waals surface area contributed by atoms with E-state index in [4.69, 9.17) is 28.4 Å². The van der Waals surface area contributed by atoms with Crippen LogP contribution in [0.15, 0.2) is 0 Å². The van der Waals surface area contributed by atoms with Crippen LogP contribution in [0.2, 0.25) is 0 Å². The number of aliphatic hydroxyl groups excluding tert-OH is 3. The number of rotatable bonds is 6. The van der Waals surface area contributed by atoms with Gasteiger partial charge in [0, 0.05) is 43.2 Å². The second kappa shape index (κ2) is 16.6. The zero-order valence-corrected chi connectivity index (χ0v) is 31.9. The summed E-state index contributed by atoms with van der Waals surface area (Å²) < 4.78 is 37.1. The average molecular weight is 704 g/mol. The molecule has 3 fully saturated rings. The van der Waals surface area contributed by atoms with Crippen LogP contribution in [0.25, 0.3) is 0 Å². The standard InChI is InChI=1S/C36H65NO12/c1-17-15-35(9,43)32(49-34-29(40)25(37(11)12)14-18(2)45-34)21(5)30(48-26-16-36(10,44-13)31(41)24(8)46-26)22(6)33(42)47-23(7)19(3)28(39)20(4)27(17)38/h17-26,28-32,34,39-41,43H,14-16H2,1-13H3. The number of cyclic esters (lactones) is 1. The second-order valence-corrected chi connectivity index (χ2v) is 16.0. The number of ether oxygens (including phenoxy) is 6. The Kier molecular flexibility index (Phi) is 14.3. The first-order valence-electron chi connectivity index (χ1n) is 17.9. The van der Waals surface area contributed by atoms with Gasteiger partial charge in [-0.1, -0.05) is 27.7 Å². The zero-order valence-electron chi connectivity index (χ0n) is 31.9. The van der Waals surface area contributed by atoms with Gasteiger partial charge < -0.3 is 53.7 Å². The molecule has 0 amide bonds. The lowest BCUT2D eigenvalue weighted by molar-refractivity contribution is -0.317. The lowest BCUT2D eigenvalue weighted by atomic mass is 9.75. The molecule has 0 aliphatic carbocycles. The molecule has 13 heteroatoms. The van der Waals surface area contributed by atoms with Crippen molar-refractivity contribution in [2.75, 3.05) is 21.2 Å². The van der Waals surface area contributed by atoms with Crippen LogP contribution in [0.1, 0.15) is 88.5 Å². The third-order valence-corrected chi connectivity index (χ3v) is 11.6. The van der Waals surface area contributed by atoms with E-state index in [2.05, 4.69) is 0 Å². The summed E-state index contributed by atoms with van der Waals surface area (Å²) in [6.07, 6.45) is -8.38. The summed E-state index contributed by atoms with van der Waals surface area (Å²) >= 11 is 0. The Balaban J connectivity index is 2.14. The molecule has 18 atom stereocenters. The van der Waals surface area contributed by atoms with Gasteiger partial charge in [-0.15, -0.1) is 0 Å². The quantitative estimate of drug-likeness (QED) is 0.297. The molecule has 0 saturated carbocycles. The summed E-state index contributed by atoms with van der Waals surface area (Å²) in [6, 6.07) is -0.296. The van der Waals surface area contributed by atoms with Gasteiger partial charge in [0.15, 0.2) is 12.6 Å². The van der Waals surface area contributed by atoms with E-state index in [0.717, 1.165) is 0 Å². The molecule has 3 rings (SSSR count). The Morgan fingerprint density at radius 2 is 1.43 bits per heavy atom. The van der Waals surface area contributed by atoms with E-state index in [9.17, 15) is 30.0 Å². The van der Waals surface area contributed by atoms with Crippen LogP contribution in [0.4, 0.5) is 0 Å². The molecule has 286 valence electrons. The molecular weight excluding hydrogens is 638 g/mol. The maximum Gasteiger partial charge on any atom is 0.311 e. The summed E-state index contributed by atoms with van der Waals surface area (Å²) in [5, 5.41) is 45.8. The number of hydrogen-bond donors (Lipinski definition) is 4. The first-order chi connectivity index (χ1) is 22.6. The number of esters is 1. The molecule has 0 aromatic carbocycles. The van der Waals surface area contributed by atoms with Crippen molar-refractivity contribution in [3.63, 3.8) is 0 Å². The van der Waals surface area contributed by atoms with Gasteiger partial charge in [-0.25, -0.2) is 0 Å². The van der Waals surface area contributed by atoms with Crippen LogP contribution in [0.5, 0.6) is 0 Å². The number of carbonyl (C=O) groups is 2. The number of hydrogen-bond acceptors (Lipinski definition) is 13. The fourth-order valence-electron chi connectivity index (χ4n) is 7.99. The molecule has 13 nitrogen and oxygen atoms in total. The van der Waals surface area contributed by atoms with E-state index in [0.29, 0.717) is 6.42 Å². The first kappa shape index (κ1) is 42.2. The molecule has 0 spiro atoms. The lowest BCUT2D eigenvalue weighted by Gasteiger charge is -2.49. The molecule has 0 aromatic heterocycles. The van der Waals surface area contributed by atoms with E-state index in [1.807, 2.05) is 25.9 Å². The smallest absolute Gasteiger partial charge is 0.311 e. The molecule has 49 heavy (non-hydrogen) atoms. The average Bonchev–Trinajstić information content (AvgIpc) is 3.03. The summed E-state index contributed by atoms with van der Waals surface area (Å²) in [5.41, 5.74) is -2.73. The van der Waals surface area contributed by atoms with Crippen LogP contribution in [-0.2, 0) is 38.0 Å². The molecule has 3 heterocycles. The number of likely N-dealkylation sites (N-methyl/N-ethyl adjacent to an activating group) is 1. The summed E-state index contributed by atoms with van der Waals surface area (Å²) in [4.78, 5) is 29.5. The first-order valence-corrected chi connectivity index (χ1v) is 17.9. The molecule has 0 aromatic rings. The van der Waals surface area contributed by atoms with Gasteiger partial charge in [-0.2, -0.15) is 0 Å². The third kappa shape index (κ3) is 9.40. The van der Waals surface area contributed by atoms with Crippen molar-refractivity contribution >= 4 is 11.8 Å². The van der Waals surface area contributed by atoms with E-state index in [1.54, 1.807) is 62.3 Å². The van der Waals surface area contributed by atoms with Gasteiger partial charge in [-0.05, 0) is 68.5 Å². The van der Waals surface area contributed by atoms with E-state index in [-0.39, 0.29) is 30.8 Å². The molecule has 4 N–H and O–H groups in total. The van der Waals surface area contributed by atoms with Crippen LogP contribution >= 0.6 is 0 Å². The Bertz CT molecular complexity index is 1110. The van der Waals surface area contributed by atoms with Gasteiger partial charge in [-0.3, -0.25) is 9.59 Å². The minimum atomic E-state index is -1.72. The Morgan fingerprint density at radius 1 is 0.816 bits per heavy atom. The zero-order chi connectivity index (χ0) is 37.3. The third-order valence-electron chi connectivity index (χ3n) is 11.6. The minimum Gasteiger partial charge on any atom is -0.462 e. The minimum absolute atomic E-state index is 0.0479. The predicted octanol–water partition coefficient (Wildman–Crippen LogP) is 2.28. The Morgan fingerprint density at radius 3 is 2.00 bits per heavy atom. The monoisotopic (exact) mass is 703 g/mol. The molecular formula is C36H65NO12. The highest BCUT2D eigenvalue weighted by Crippen LogP contribution is 2.40. The fourth-order valence-corrected chi connectivity index (χ4v) is 7.99. The number of ketones is 1. The predicted molar refractivity (Wildman–Crippen MR) is 180 cm³/mol. The van der Waals surface area contributed by atoms with Crippen LogP contribution in [-0.4, -0.2) is 137 Å². The van der Waals surface area contributed by atoms with Gasteiger partial charge in [0.25, 0.3) is 0 Å². The van der Waals surface area contributed by atoms with Gasteiger partial charge in [0.05, 0.1) is 47.6 Å². The van der Waals surface area contributed by atoms with E-state index >= 15 is 0 Å². The largest absolute Gasteiger partial charge is 0.462 e. The van der Waals surface area contributed by atoms with Gasteiger partial charge in [0.2, 0.25) is 0 Å². The molecule has 18 unspecified atom stereocenters. The summed E-state index contributed by atoms with van der Waals surface area (Å²) in [7, 11) is 5.23. The normalized spacial score (nSPS) is 49.8. The van der Waals surface area contributed by atoms with Crippen molar-refractivity contribution < 1.29 is 58.4 Å². The van der Waals surface area contributed by atoms with E-state index in [1.165, 1.54) is 7.11 Å². The highest BCUT2D eigenvalue weighted by molar-refractivity contribution is 5.83. The molecule has 3 aliphatic heterocycles. The fraction of sp³-hybridized carbons (Fsp3) is 0.944. The van der Waals surface area contributed by atoms with Crippen molar-refractivity contribution in [1.29, 1.82) is 0 Å². The Labute approximate surface area is 292 Å². The van der Waals surface area contributed by atoms with Crippen molar-refractivity contribution in [3.8, 4) is 0 Å². The topological polar surface area (TPSA) is 174 Å². The highest BCUT2D eigenvalue weighted by atomic mass is 16.7. The van der Waals surface area contributed by atoms with E-state index < -0.39 is 102 Å². The number of methoxy groups -OCH3 is 1. The second-order valence-electron chi connectivity index (χ2n) is 16.0. The number of nitrogens with zero attached hydrogens (tertiary/aromatic N) is 1. The van der Waals surface area contributed by atoms with Gasteiger partial charge >= 0.3 is 5.97 Å². The maximum atomic E-state index is 13.9. The SMILES string of the molecule is COC1(C)CC(OC2C(C)C(=O)OC(C)C(C)C(O)C(C)C(=O)C(C)CC(C)(O)C(OC3OC(C)CC(N(C)C)C3O)C2C)OC(C)C1O. The number of Topliss-reactive ketones (excluding diaryl/α,β-unsaturated/α-hetero) is 1. The van der Waals surface area contributed by atoms with Crippen LogP contribution < -0.4 is 0 Å². The van der Waals surface area contributed by atoms with Crippen molar-refractivity contribution in [3.05, 3.63) is 0 Å². The summed E-state index contributed by atoms with van der Waals surface area (Å²) in [5.74, 6) is -4.63. The lowest BCUT2D eigenvalue weighted by Crippen LogP contribution is -2.60. The van der Waals surface area contributed by atoms with Crippen molar-refractivity contribution in [2.45, 2.75) is 167 Å². The summed E-state index contributed by atoms with van der Waals surface area (Å²) in [6.45, 7) is 17.1. The van der Waals surface area contributed by atoms with Gasteiger partial charge in [0.1, 0.15) is 24.1 Å². The highest BCUT2D eigenvalue weighted by Gasteiger charge is 2.52. The molecule has 3 saturated heterocycles. The molecule has 0 bridgehead atoms. The number of carbonyl (C=O) groups excluding carboxylic acids is 2. The van der Waals surface area contributed by atoms with Crippen molar-refractivity contribution in [1.82, 2.24) is 4.90 Å².